The second-order valence-corrected chi connectivity index (χ2v) is 4.23. The van der Waals surface area contributed by atoms with E-state index in [1.165, 1.54) is 0 Å². The van der Waals surface area contributed by atoms with E-state index in [2.05, 4.69) is 0 Å². The average Bonchev–Trinajstić information content (AvgIpc) is 2.26. The third kappa shape index (κ3) is 4.87. The highest BCUT2D eigenvalue weighted by Crippen LogP contribution is 2.17. The molecule has 0 saturated carbocycles. The summed E-state index contributed by atoms with van der Waals surface area (Å²) in [5.74, 6) is -2.62. The van der Waals surface area contributed by atoms with E-state index in [-0.39, 0.29) is 12.8 Å². The number of rotatable bonds is 6. The number of hydrogen-bond donors (Lipinski definition) is 2. The molecule has 1 aromatic carbocycles. The fourth-order valence-electron chi connectivity index (χ4n) is 1.52. The van der Waals surface area contributed by atoms with Gasteiger partial charge in [0.25, 0.3) is 0 Å². The SMILES string of the molecule is O=C(O)CC[C@@H](Cc1ccc(Cl)cc1)C(=O)O. The van der Waals surface area contributed by atoms with Gasteiger partial charge in [-0.1, -0.05) is 23.7 Å². The highest BCUT2D eigenvalue weighted by atomic mass is 35.5. The summed E-state index contributed by atoms with van der Waals surface area (Å²) in [4.78, 5) is 21.4. The standard InChI is InChI=1S/C12H13ClO4/c13-10-4-1-8(2-5-10)7-9(12(16)17)3-6-11(14)15/h1-2,4-5,9H,3,6-7H2,(H,14,15)(H,16,17)/t9-/m0/s1. The van der Waals surface area contributed by atoms with Crippen LogP contribution in [-0.2, 0) is 16.0 Å². The first-order valence-electron chi connectivity index (χ1n) is 5.18. The molecule has 0 aliphatic carbocycles. The molecule has 0 aliphatic heterocycles. The van der Waals surface area contributed by atoms with E-state index in [0.717, 1.165) is 5.56 Å². The molecule has 0 unspecified atom stereocenters. The smallest absolute Gasteiger partial charge is 0.306 e. The zero-order valence-corrected chi connectivity index (χ0v) is 9.85. The largest absolute Gasteiger partial charge is 0.481 e. The van der Waals surface area contributed by atoms with Crippen LogP contribution in [0.4, 0.5) is 0 Å². The molecule has 17 heavy (non-hydrogen) atoms. The number of hydrogen-bond acceptors (Lipinski definition) is 2. The lowest BCUT2D eigenvalue weighted by molar-refractivity contribution is -0.142. The van der Waals surface area contributed by atoms with Gasteiger partial charge in [-0.05, 0) is 30.5 Å². The Morgan fingerprint density at radius 3 is 2.24 bits per heavy atom. The predicted molar refractivity (Wildman–Crippen MR) is 63.2 cm³/mol. The topological polar surface area (TPSA) is 74.6 Å². The van der Waals surface area contributed by atoms with Crippen LogP contribution in [0.1, 0.15) is 18.4 Å². The number of carboxylic acids is 2. The molecule has 1 atom stereocenters. The molecule has 1 aromatic rings. The van der Waals surface area contributed by atoms with Crippen LogP contribution in [0.15, 0.2) is 24.3 Å². The minimum atomic E-state index is -0.979. The molecule has 0 spiro atoms. The maximum atomic E-state index is 11.0. The highest BCUT2D eigenvalue weighted by molar-refractivity contribution is 6.30. The van der Waals surface area contributed by atoms with Crippen LogP contribution in [-0.4, -0.2) is 22.2 Å². The number of aliphatic carboxylic acids is 2. The fraction of sp³-hybridized carbons (Fsp3) is 0.333. The summed E-state index contributed by atoms with van der Waals surface area (Å²) in [6.45, 7) is 0. The van der Waals surface area contributed by atoms with Gasteiger partial charge in [0, 0.05) is 11.4 Å². The van der Waals surface area contributed by atoms with Gasteiger partial charge in [0.2, 0.25) is 0 Å². The van der Waals surface area contributed by atoms with E-state index in [4.69, 9.17) is 21.8 Å². The maximum Gasteiger partial charge on any atom is 0.306 e. The van der Waals surface area contributed by atoms with Crippen LogP contribution < -0.4 is 0 Å². The molecule has 0 bridgehead atoms. The lowest BCUT2D eigenvalue weighted by Crippen LogP contribution is -2.17. The summed E-state index contributed by atoms with van der Waals surface area (Å²) < 4.78 is 0. The van der Waals surface area contributed by atoms with Crippen molar-refractivity contribution in [3.63, 3.8) is 0 Å². The molecular formula is C12H13ClO4. The third-order valence-corrected chi connectivity index (χ3v) is 2.70. The average molecular weight is 257 g/mol. The number of benzene rings is 1. The minimum Gasteiger partial charge on any atom is -0.481 e. The van der Waals surface area contributed by atoms with Gasteiger partial charge < -0.3 is 10.2 Å². The summed E-state index contributed by atoms with van der Waals surface area (Å²) in [5, 5.41) is 18.1. The molecule has 0 aromatic heterocycles. The van der Waals surface area contributed by atoms with Crippen molar-refractivity contribution in [1.82, 2.24) is 0 Å². The predicted octanol–water partition coefficient (Wildman–Crippen LogP) is 2.45. The fourth-order valence-corrected chi connectivity index (χ4v) is 1.64. The molecule has 5 heteroatoms. The molecule has 0 heterocycles. The van der Waals surface area contributed by atoms with Crippen molar-refractivity contribution >= 4 is 23.5 Å². The summed E-state index contributed by atoms with van der Waals surface area (Å²) in [5.41, 5.74) is 0.840. The van der Waals surface area contributed by atoms with Crippen molar-refractivity contribution in [2.75, 3.05) is 0 Å². The molecule has 0 aliphatic rings. The first-order chi connectivity index (χ1) is 7.99. The second kappa shape index (κ2) is 6.25. The van der Waals surface area contributed by atoms with Gasteiger partial charge in [0.1, 0.15) is 0 Å². The van der Waals surface area contributed by atoms with Gasteiger partial charge in [-0.2, -0.15) is 0 Å². The van der Waals surface area contributed by atoms with Gasteiger partial charge in [0.15, 0.2) is 0 Å². The molecular weight excluding hydrogens is 244 g/mol. The first kappa shape index (κ1) is 13.5. The van der Waals surface area contributed by atoms with E-state index in [0.29, 0.717) is 11.4 Å². The Morgan fingerprint density at radius 2 is 1.76 bits per heavy atom. The van der Waals surface area contributed by atoms with Crippen LogP contribution in [0, 0.1) is 5.92 Å². The van der Waals surface area contributed by atoms with Gasteiger partial charge in [-0.25, -0.2) is 0 Å². The Kier molecular flexibility index (Phi) is 4.97. The number of halogens is 1. The molecule has 1 rings (SSSR count). The third-order valence-electron chi connectivity index (χ3n) is 2.45. The zero-order valence-electron chi connectivity index (χ0n) is 9.10. The van der Waals surface area contributed by atoms with E-state index in [1.807, 2.05) is 0 Å². The Labute approximate surface area is 104 Å². The summed E-state index contributed by atoms with van der Waals surface area (Å²) in [7, 11) is 0. The normalized spacial score (nSPS) is 12.1. The van der Waals surface area contributed by atoms with E-state index < -0.39 is 17.9 Å². The minimum absolute atomic E-state index is 0.132. The van der Waals surface area contributed by atoms with E-state index in [9.17, 15) is 9.59 Å². The van der Waals surface area contributed by atoms with Crippen LogP contribution in [0.2, 0.25) is 5.02 Å². The van der Waals surface area contributed by atoms with Crippen molar-refractivity contribution in [1.29, 1.82) is 0 Å². The van der Waals surface area contributed by atoms with Crippen LogP contribution in [0.5, 0.6) is 0 Å². The highest BCUT2D eigenvalue weighted by Gasteiger charge is 2.19. The summed E-state index contributed by atoms with van der Waals surface area (Å²) >= 11 is 5.72. The number of carbonyl (C=O) groups is 2. The first-order valence-corrected chi connectivity index (χ1v) is 5.56. The lowest BCUT2D eigenvalue weighted by Gasteiger charge is -2.11. The Bertz CT molecular complexity index is 399. The van der Waals surface area contributed by atoms with Crippen LogP contribution >= 0.6 is 11.6 Å². The van der Waals surface area contributed by atoms with E-state index >= 15 is 0 Å². The molecule has 0 fully saturated rings. The molecule has 0 radical (unpaired) electrons. The van der Waals surface area contributed by atoms with Crippen LogP contribution in [0.25, 0.3) is 0 Å². The Hall–Kier alpha value is -1.55. The molecule has 4 nitrogen and oxygen atoms in total. The second-order valence-electron chi connectivity index (χ2n) is 3.80. The Balaban J connectivity index is 2.63. The van der Waals surface area contributed by atoms with Crippen LogP contribution in [0.3, 0.4) is 0 Å². The summed E-state index contributed by atoms with van der Waals surface area (Å²) in [6, 6.07) is 6.87. The van der Waals surface area contributed by atoms with Gasteiger partial charge in [0.05, 0.1) is 5.92 Å². The van der Waals surface area contributed by atoms with Crippen molar-refractivity contribution in [2.45, 2.75) is 19.3 Å². The van der Waals surface area contributed by atoms with Crippen molar-refractivity contribution in [2.24, 2.45) is 5.92 Å². The van der Waals surface area contributed by atoms with Gasteiger partial charge in [-0.3, -0.25) is 9.59 Å². The monoisotopic (exact) mass is 256 g/mol. The van der Waals surface area contributed by atoms with E-state index in [1.54, 1.807) is 24.3 Å². The molecule has 0 saturated heterocycles. The van der Waals surface area contributed by atoms with Crippen molar-refractivity contribution in [3.8, 4) is 0 Å². The zero-order chi connectivity index (χ0) is 12.8. The Morgan fingerprint density at radius 1 is 1.18 bits per heavy atom. The van der Waals surface area contributed by atoms with Crippen molar-refractivity contribution < 1.29 is 19.8 Å². The molecule has 92 valence electrons. The van der Waals surface area contributed by atoms with Crippen molar-refractivity contribution in [3.05, 3.63) is 34.9 Å². The van der Waals surface area contributed by atoms with Gasteiger partial charge >= 0.3 is 11.9 Å². The lowest BCUT2D eigenvalue weighted by atomic mass is 9.95. The molecule has 0 amide bonds. The maximum absolute atomic E-state index is 11.0. The van der Waals surface area contributed by atoms with Gasteiger partial charge in [-0.15, -0.1) is 0 Å². The number of carboxylic acid groups (broad SMARTS) is 2. The quantitative estimate of drug-likeness (QED) is 0.820. The molecule has 2 N–H and O–H groups in total. The summed E-state index contributed by atoms with van der Waals surface area (Å²) in [6.07, 6.45) is 0.317.